The molecule has 1 aromatic carbocycles. The van der Waals surface area contributed by atoms with Gasteiger partial charge in [-0.25, -0.2) is 0 Å². The van der Waals surface area contributed by atoms with Crippen LogP contribution in [0.3, 0.4) is 0 Å². The first kappa shape index (κ1) is 15.5. The van der Waals surface area contributed by atoms with E-state index in [4.69, 9.17) is 10.5 Å². The Morgan fingerprint density at radius 3 is 2.68 bits per heavy atom. The quantitative estimate of drug-likeness (QED) is 0.641. The molecule has 0 saturated heterocycles. The van der Waals surface area contributed by atoms with E-state index in [0.717, 1.165) is 19.3 Å². The van der Waals surface area contributed by atoms with E-state index >= 15 is 0 Å². The second kappa shape index (κ2) is 6.08. The molecule has 7 heteroatoms. The molecule has 0 spiro atoms. The summed E-state index contributed by atoms with van der Waals surface area (Å²) in [6, 6.07) is 2.12. The molecule has 0 amide bonds. The van der Waals surface area contributed by atoms with Crippen LogP contribution in [0, 0.1) is 16.0 Å². The number of nitro groups is 1. The van der Waals surface area contributed by atoms with Crippen LogP contribution in [0.4, 0.5) is 5.69 Å². The molecule has 0 unspecified atom stereocenters. The van der Waals surface area contributed by atoms with Crippen molar-refractivity contribution in [2.24, 2.45) is 11.7 Å². The molecule has 1 aliphatic rings. The molecule has 106 valence electrons. The Bertz CT molecular complexity index is 477. The van der Waals surface area contributed by atoms with E-state index in [1.807, 2.05) is 0 Å². The highest BCUT2D eigenvalue weighted by atomic mass is 35.5. The highest BCUT2D eigenvalue weighted by Gasteiger charge is 2.27. The van der Waals surface area contributed by atoms with Gasteiger partial charge in [0.25, 0.3) is 5.69 Å². The molecular weight excluding hydrogens is 272 g/mol. The first-order chi connectivity index (χ1) is 8.52. The van der Waals surface area contributed by atoms with Gasteiger partial charge in [0.15, 0.2) is 11.5 Å². The van der Waals surface area contributed by atoms with Gasteiger partial charge in [0.05, 0.1) is 18.1 Å². The Morgan fingerprint density at radius 2 is 2.21 bits per heavy atom. The number of ether oxygens (including phenoxy) is 1. The lowest BCUT2D eigenvalue weighted by Gasteiger charge is -2.15. The summed E-state index contributed by atoms with van der Waals surface area (Å²) in [5.41, 5.74) is 6.25. The van der Waals surface area contributed by atoms with Crippen molar-refractivity contribution in [3.63, 3.8) is 0 Å². The van der Waals surface area contributed by atoms with Crippen molar-refractivity contribution < 1.29 is 14.8 Å². The predicted octanol–water partition coefficient (Wildman–Crippen LogP) is 2.53. The van der Waals surface area contributed by atoms with Crippen molar-refractivity contribution in [2.75, 3.05) is 7.11 Å². The molecule has 6 nitrogen and oxygen atoms in total. The van der Waals surface area contributed by atoms with E-state index in [2.05, 4.69) is 0 Å². The van der Waals surface area contributed by atoms with Crippen molar-refractivity contribution in [1.29, 1.82) is 0 Å². The van der Waals surface area contributed by atoms with Crippen LogP contribution in [-0.2, 0) is 0 Å². The van der Waals surface area contributed by atoms with E-state index < -0.39 is 11.0 Å². The summed E-state index contributed by atoms with van der Waals surface area (Å²) in [6.45, 7) is 0. The lowest BCUT2D eigenvalue weighted by atomic mass is 10.00. The number of hydrogen-bond acceptors (Lipinski definition) is 5. The maximum Gasteiger partial charge on any atom is 0.273 e. The van der Waals surface area contributed by atoms with E-state index in [9.17, 15) is 15.2 Å². The van der Waals surface area contributed by atoms with Crippen LogP contribution in [0.15, 0.2) is 12.1 Å². The van der Waals surface area contributed by atoms with Crippen molar-refractivity contribution >= 4 is 18.1 Å². The lowest BCUT2D eigenvalue weighted by Crippen LogP contribution is -2.12. The van der Waals surface area contributed by atoms with Gasteiger partial charge < -0.3 is 15.6 Å². The Kier molecular flexibility index (Phi) is 4.97. The molecule has 0 aromatic heterocycles. The minimum absolute atomic E-state index is 0. The standard InChI is InChI=1S/C12H16N2O4.ClH/c1-18-11-6-8(14(16)17)5-9(12(11)15)10(13)4-7-2-3-7;/h5-7,10,15H,2-4,13H2,1H3;1H/t10-;/m1./s1. The monoisotopic (exact) mass is 288 g/mol. The van der Waals surface area contributed by atoms with Crippen molar-refractivity contribution in [2.45, 2.75) is 25.3 Å². The highest BCUT2D eigenvalue weighted by molar-refractivity contribution is 5.85. The third-order valence-electron chi connectivity index (χ3n) is 3.20. The summed E-state index contributed by atoms with van der Waals surface area (Å²) >= 11 is 0. The number of benzene rings is 1. The molecule has 1 atom stereocenters. The van der Waals surface area contributed by atoms with Gasteiger partial charge in [-0.05, 0) is 12.3 Å². The summed E-state index contributed by atoms with van der Waals surface area (Å²) in [6.07, 6.45) is 3.01. The second-order valence-electron chi connectivity index (χ2n) is 4.63. The first-order valence-corrected chi connectivity index (χ1v) is 5.83. The highest BCUT2D eigenvalue weighted by Crippen LogP contribution is 2.42. The maximum atomic E-state index is 10.8. The molecule has 0 radical (unpaired) electrons. The molecule has 3 N–H and O–H groups in total. The Balaban J connectivity index is 0.00000180. The fraction of sp³-hybridized carbons (Fsp3) is 0.500. The topological polar surface area (TPSA) is 98.6 Å². The third kappa shape index (κ3) is 3.48. The molecule has 1 fully saturated rings. The lowest BCUT2D eigenvalue weighted by molar-refractivity contribution is -0.385. The number of aromatic hydroxyl groups is 1. The summed E-state index contributed by atoms with van der Waals surface area (Å²) in [5, 5.41) is 20.8. The normalized spacial score (nSPS) is 15.5. The van der Waals surface area contributed by atoms with Crippen molar-refractivity contribution in [3.8, 4) is 11.5 Å². The number of halogens is 1. The smallest absolute Gasteiger partial charge is 0.273 e. The van der Waals surface area contributed by atoms with Gasteiger partial charge in [-0.2, -0.15) is 0 Å². The number of nitrogens with two attached hydrogens (primary N) is 1. The van der Waals surface area contributed by atoms with Crippen LogP contribution in [-0.4, -0.2) is 17.1 Å². The predicted molar refractivity (Wildman–Crippen MR) is 72.8 cm³/mol. The molecule has 1 aliphatic carbocycles. The number of phenols is 1. The Labute approximate surface area is 117 Å². The number of phenolic OH excluding ortho intramolecular Hbond substituents is 1. The van der Waals surface area contributed by atoms with E-state index in [-0.39, 0.29) is 29.6 Å². The van der Waals surface area contributed by atoms with Gasteiger partial charge in [0.2, 0.25) is 0 Å². The van der Waals surface area contributed by atoms with Gasteiger partial charge in [0, 0.05) is 17.7 Å². The average molecular weight is 289 g/mol. The number of nitrogens with zero attached hydrogens (tertiary/aromatic N) is 1. The molecule has 0 heterocycles. The van der Waals surface area contributed by atoms with Crippen LogP contribution in [0.25, 0.3) is 0 Å². The van der Waals surface area contributed by atoms with E-state index in [1.165, 1.54) is 19.2 Å². The fourth-order valence-corrected chi connectivity index (χ4v) is 2.00. The SMILES string of the molecule is COc1cc([N+](=O)[O-])cc([C@H](N)CC2CC2)c1O.Cl. The first-order valence-electron chi connectivity index (χ1n) is 5.83. The number of rotatable bonds is 5. The molecule has 19 heavy (non-hydrogen) atoms. The summed E-state index contributed by atoms with van der Waals surface area (Å²) in [5.74, 6) is 0.561. The van der Waals surface area contributed by atoms with Crippen molar-refractivity contribution in [3.05, 3.63) is 27.8 Å². The van der Waals surface area contributed by atoms with Gasteiger partial charge in [-0.15, -0.1) is 12.4 Å². The number of nitro benzene ring substituents is 1. The second-order valence-corrected chi connectivity index (χ2v) is 4.63. The van der Waals surface area contributed by atoms with Crippen LogP contribution < -0.4 is 10.5 Å². The summed E-state index contributed by atoms with van der Waals surface area (Å²) in [7, 11) is 1.36. The zero-order valence-corrected chi connectivity index (χ0v) is 11.4. The molecule has 1 saturated carbocycles. The fourth-order valence-electron chi connectivity index (χ4n) is 2.00. The van der Waals surface area contributed by atoms with Gasteiger partial charge in [-0.3, -0.25) is 10.1 Å². The number of methoxy groups -OCH3 is 1. The number of hydrogen-bond donors (Lipinski definition) is 2. The zero-order chi connectivity index (χ0) is 13.3. The Morgan fingerprint density at radius 1 is 1.58 bits per heavy atom. The summed E-state index contributed by atoms with van der Waals surface area (Å²) < 4.78 is 4.94. The van der Waals surface area contributed by atoms with Gasteiger partial charge >= 0.3 is 0 Å². The number of non-ortho nitro benzene ring substituents is 1. The van der Waals surface area contributed by atoms with Crippen LogP contribution in [0.1, 0.15) is 30.9 Å². The van der Waals surface area contributed by atoms with Crippen LogP contribution in [0.2, 0.25) is 0 Å². The van der Waals surface area contributed by atoms with E-state index in [0.29, 0.717) is 11.5 Å². The molecule has 0 bridgehead atoms. The largest absolute Gasteiger partial charge is 0.504 e. The third-order valence-corrected chi connectivity index (χ3v) is 3.20. The van der Waals surface area contributed by atoms with Gasteiger partial charge in [-0.1, -0.05) is 12.8 Å². The Hall–Kier alpha value is -1.53. The van der Waals surface area contributed by atoms with E-state index in [1.54, 1.807) is 0 Å². The minimum atomic E-state index is -0.519. The average Bonchev–Trinajstić information content (AvgIpc) is 3.12. The molecule has 2 rings (SSSR count). The molecular formula is C12H17ClN2O4. The zero-order valence-electron chi connectivity index (χ0n) is 10.5. The maximum absolute atomic E-state index is 10.8. The molecule has 0 aliphatic heterocycles. The van der Waals surface area contributed by atoms with Crippen molar-refractivity contribution in [1.82, 2.24) is 0 Å². The molecule has 1 aromatic rings. The van der Waals surface area contributed by atoms with Gasteiger partial charge in [0.1, 0.15) is 0 Å². The minimum Gasteiger partial charge on any atom is -0.504 e. The summed E-state index contributed by atoms with van der Waals surface area (Å²) in [4.78, 5) is 10.3. The van der Waals surface area contributed by atoms with Crippen LogP contribution >= 0.6 is 12.4 Å². The van der Waals surface area contributed by atoms with Crippen LogP contribution in [0.5, 0.6) is 11.5 Å².